The van der Waals surface area contributed by atoms with Crippen LogP contribution in [0, 0.1) is 3.57 Å². The predicted octanol–water partition coefficient (Wildman–Crippen LogP) is 2.40. The molecule has 0 unspecified atom stereocenters. The van der Waals surface area contributed by atoms with Crippen LogP contribution in [0.4, 0.5) is 10.5 Å². The number of amides is 2. The van der Waals surface area contributed by atoms with Crippen molar-refractivity contribution < 1.29 is 9.59 Å². The summed E-state index contributed by atoms with van der Waals surface area (Å²) in [6, 6.07) is 7.54. The average Bonchev–Trinajstić information content (AvgIpc) is 2.68. The van der Waals surface area contributed by atoms with Crippen molar-refractivity contribution in [3.8, 4) is 0 Å². The number of nitrogens with zero attached hydrogens (tertiary/aromatic N) is 1. The zero-order valence-corrected chi connectivity index (χ0v) is 12.0. The van der Waals surface area contributed by atoms with Gasteiger partial charge in [-0.25, -0.2) is 0 Å². The van der Waals surface area contributed by atoms with Gasteiger partial charge < -0.3 is 10.2 Å². The average molecular weight is 362 g/mol. The van der Waals surface area contributed by atoms with Crippen LogP contribution in [0.25, 0.3) is 0 Å². The Morgan fingerprint density at radius 1 is 1.41 bits per heavy atom. The highest BCUT2D eigenvalue weighted by atomic mass is 127. The molecular weight excluding hydrogens is 351 g/mol. The number of thioether (sulfide) groups is 1. The van der Waals surface area contributed by atoms with Gasteiger partial charge in [-0.1, -0.05) is 11.8 Å². The van der Waals surface area contributed by atoms with Crippen molar-refractivity contribution in [2.24, 2.45) is 0 Å². The first kappa shape index (κ1) is 12.7. The number of benzene rings is 1. The molecule has 0 aromatic heterocycles. The molecule has 1 heterocycles. The Hall–Kier alpha value is -0.760. The minimum Gasteiger partial charge on any atom is -0.325 e. The van der Waals surface area contributed by atoms with Crippen molar-refractivity contribution in [1.29, 1.82) is 0 Å². The van der Waals surface area contributed by atoms with E-state index in [1.165, 1.54) is 11.8 Å². The highest BCUT2D eigenvalue weighted by molar-refractivity contribution is 14.1. The number of carbonyl (C=O) groups excluding carboxylic acids is 2. The van der Waals surface area contributed by atoms with E-state index in [0.717, 1.165) is 15.0 Å². The van der Waals surface area contributed by atoms with Gasteiger partial charge in [0.2, 0.25) is 5.91 Å². The molecule has 1 fully saturated rings. The van der Waals surface area contributed by atoms with Crippen LogP contribution in [0.2, 0.25) is 0 Å². The van der Waals surface area contributed by atoms with Crippen LogP contribution in [-0.2, 0) is 4.79 Å². The zero-order valence-electron chi connectivity index (χ0n) is 8.98. The standard InChI is InChI=1S/C11H11IN2O2S/c12-8-1-3-9(4-2-8)13-10(15)7-14-5-6-17-11(14)16/h1-4H,5-7H2,(H,13,15). The third-order valence-corrected chi connectivity index (χ3v) is 3.92. The van der Waals surface area contributed by atoms with Crippen molar-refractivity contribution in [2.45, 2.75) is 0 Å². The van der Waals surface area contributed by atoms with E-state index in [-0.39, 0.29) is 17.7 Å². The first-order valence-electron chi connectivity index (χ1n) is 5.12. The van der Waals surface area contributed by atoms with Gasteiger partial charge in [0.25, 0.3) is 5.24 Å². The molecule has 0 saturated carbocycles. The van der Waals surface area contributed by atoms with Crippen LogP contribution >= 0.6 is 34.4 Å². The minimum atomic E-state index is -0.151. The zero-order chi connectivity index (χ0) is 12.3. The second-order valence-corrected chi connectivity index (χ2v) is 5.88. The number of hydrogen-bond acceptors (Lipinski definition) is 3. The Kier molecular flexibility index (Phi) is 4.27. The van der Waals surface area contributed by atoms with Crippen molar-refractivity contribution >= 4 is 51.2 Å². The van der Waals surface area contributed by atoms with Crippen LogP contribution in [0.1, 0.15) is 0 Å². The Bertz CT molecular complexity index is 436. The van der Waals surface area contributed by atoms with E-state index >= 15 is 0 Å². The molecule has 1 aromatic carbocycles. The summed E-state index contributed by atoms with van der Waals surface area (Å²) in [4.78, 5) is 24.6. The fourth-order valence-corrected chi connectivity index (χ4v) is 2.66. The largest absolute Gasteiger partial charge is 0.325 e. The van der Waals surface area contributed by atoms with E-state index in [0.29, 0.717) is 6.54 Å². The number of halogens is 1. The molecule has 2 rings (SSSR count). The number of carbonyl (C=O) groups is 2. The van der Waals surface area contributed by atoms with Gasteiger partial charge in [-0.05, 0) is 46.9 Å². The second kappa shape index (κ2) is 5.72. The van der Waals surface area contributed by atoms with E-state index in [2.05, 4.69) is 27.9 Å². The molecule has 1 aromatic rings. The van der Waals surface area contributed by atoms with E-state index in [1.807, 2.05) is 24.3 Å². The molecule has 90 valence electrons. The van der Waals surface area contributed by atoms with Gasteiger partial charge >= 0.3 is 0 Å². The first-order valence-corrected chi connectivity index (χ1v) is 7.19. The Labute approximate surface area is 117 Å². The Morgan fingerprint density at radius 2 is 2.12 bits per heavy atom. The number of hydrogen-bond donors (Lipinski definition) is 1. The Balaban J connectivity index is 1.88. The van der Waals surface area contributed by atoms with Crippen LogP contribution in [0.3, 0.4) is 0 Å². The summed E-state index contributed by atoms with van der Waals surface area (Å²) >= 11 is 3.47. The Morgan fingerprint density at radius 3 is 2.71 bits per heavy atom. The molecule has 0 atom stereocenters. The second-order valence-electron chi connectivity index (χ2n) is 3.59. The molecule has 0 aliphatic carbocycles. The monoisotopic (exact) mass is 362 g/mol. The maximum absolute atomic E-state index is 11.7. The van der Waals surface area contributed by atoms with Gasteiger partial charge in [0.05, 0.1) is 0 Å². The summed E-state index contributed by atoms with van der Waals surface area (Å²) in [5.74, 6) is 0.623. The van der Waals surface area contributed by atoms with E-state index in [1.54, 1.807) is 4.90 Å². The summed E-state index contributed by atoms with van der Waals surface area (Å²) < 4.78 is 1.12. The van der Waals surface area contributed by atoms with Gasteiger partial charge in [0.1, 0.15) is 6.54 Å². The van der Waals surface area contributed by atoms with Crippen molar-refractivity contribution in [3.63, 3.8) is 0 Å². The van der Waals surface area contributed by atoms with E-state index in [9.17, 15) is 9.59 Å². The molecule has 2 amide bonds. The normalized spacial score (nSPS) is 15.1. The smallest absolute Gasteiger partial charge is 0.282 e. The summed E-state index contributed by atoms with van der Waals surface area (Å²) in [5.41, 5.74) is 0.759. The molecule has 17 heavy (non-hydrogen) atoms. The van der Waals surface area contributed by atoms with Crippen LogP contribution < -0.4 is 5.32 Å². The highest BCUT2D eigenvalue weighted by Crippen LogP contribution is 2.17. The molecule has 0 radical (unpaired) electrons. The quantitative estimate of drug-likeness (QED) is 0.841. The predicted molar refractivity (Wildman–Crippen MR) is 77.2 cm³/mol. The maximum atomic E-state index is 11.7. The first-order chi connectivity index (χ1) is 8.15. The molecule has 1 N–H and O–H groups in total. The molecule has 1 aliphatic rings. The summed E-state index contributed by atoms with van der Waals surface area (Å²) in [7, 11) is 0. The molecule has 0 bridgehead atoms. The van der Waals surface area contributed by atoms with Crippen LogP contribution in [-0.4, -0.2) is 34.9 Å². The molecule has 6 heteroatoms. The lowest BCUT2D eigenvalue weighted by atomic mass is 10.3. The lowest BCUT2D eigenvalue weighted by molar-refractivity contribution is -0.116. The van der Waals surface area contributed by atoms with Gasteiger partial charge in [-0.15, -0.1) is 0 Å². The minimum absolute atomic E-state index is 0.0113. The molecule has 4 nitrogen and oxygen atoms in total. The summed E-state index contributed by atoms with van der Waals surface area (Å²) in [5, 5.41) is 2.76. The fraction of sp³-hybridized carbons (Fsp3) is 0.273. The van der Waals surface area contributed by atoms with Gasteiger partial charge in [-0.3, -0.25) is 9.59 Å². The SMILES string of the molecule is O=C(CN1CCSC1=O)Nc1ccc(I)cc1. The summed E-state index contributed by atoms with van der Waals surface area (Å²) in [6.07, 6.45) is 0. The lowest BCUT2D eigenvalue weighted by Gasteiger charge is -2.13. The third-order valence-electron chi connectivity index (χ3n) is 2.31. The van der Waals surface area contributed by atoms with E-state index in [4.69, 9.17) is 0 Å². The van der Waals surface area contributed by atoms with Gasteiger partial charge in [-0.2, -0.15) is 0 Å². The topological polar surface area (TPSA) is 49.4 Å². The number of anilines is 1. The van der Waals surface area contributed by atoms with Crippen molar-refractivity contribution in [1.82, 2.24) is 4.90 Å². The number of rotatable bonds is 3. The highest BCUT2D eigenvalue weighted by Gasteiger charge is 2.23. The van der Waals surface area contributed by atoms with Crippen molar-refractivity contribution in [2.75, 3.05) is 24.2 Å². The fourth-order valence-electron chi connectivity index (χ4n) is 1.48. The van der Waals surface area contributed by atoms with Gasteiger partial charge in [0.15, 0.2) is 0 Å². The molecule has 1 aliphatic heterocycles. The van der Waals surface area contributed by atoms with Crippen LogP contribution in [0.15, 0.2) is 24.3 Å². The maximum Gasteiger partial charge on any atom is 0.282 e. The van der Waals surface area contributed by atoms with Crippen LogP contribution in [0.5, 0.6) is 0 Å². The molecule has 1 saturated heterocycles. The van der Waals surface area contributed by atoms with E-state index < -0.39 is 0 Å². The number of nitrogens with one attached hydrogen (secondary N) is 1. The lowest BCUT2D eigenvalue weighted by Crippen LogP contribution is -2.33. The van der Waals surface area contributed by atoms with Crippen molar-refractivity contribution in [3.05, 3.63) is 27.8 Å². The van der Waals surface area contributed by atoms with Gasteiger partial charge in [0, 0.05) is 21.6 Å². The molecule has 0 spiro atoms. The summed E-state index contributed by atoms with van der Waals surface area (Å²) in [6.45, 7) is 0.793. The third kappa shape index (κ3) is 3.60. The molecular formula is C11H11IN2O2S.